The molecule has 0 aromatic rings. The van der Waals surface area contributed by atoms with E-state index in [1.807, 2.05) is 6.92 Å². The maximum absolute atomic E-state index is 12.2. The van der Waals surface area contributed by atoms with E-state index in [-0.39, 0.29) is 18.0 Å². The van der Waals surface area contributed by atoms with Crippen LogP contribution < -0.4 is 5.32 Å². The van der Waals surface area contributed by atoms with Gasteiger partial charge in [0.15, 0.2) is 0 Å². The molecule has 0 aromatic carbocycles. The predicted octanol–water partition coefficient (Wildman–Crippen LogP) is 2.08. The van der Waals surface area contributed by atoms with Gasteiger partial charge in [0.25, 0.3) is 0 Å². The molecule has 2 amide bonds. The van der Waals surface area contributed by atoms with Gasteiger partial charge in [-0.3, -0.25) is 9.59 Å². The summed E-state index contributed by atoms with van der Waals surface area (Å²) in [6, 6.07) is 0.390. The second-order valence-electron chi connectivity index (χ2n) is 6.19. The Morgan fingerprint density at radius 1 is 1.00 bits per heavy atom. The molecule has 3 atom stereocenters. The molecule has 1 saturated carbocycles. The third-order valence-corrected chi connectivity index (χ3v) is 4.69. The molecule has 0 radical (unpaired) electrons. The number of rotatable bonds is 1. The highest BCUT2D eigenvalue weighted by Gasteiger charge is 2.31. The van der Waals surface area contributed by atoms with Crippen molar-refractivity contribution in [2.75, 3.05) is 6.54 Å². The molecular formula is C15H26N2O2. The first-order valence-electron chi connectivity index (χ1n) is 7.71. The summed E-state index contributed by atoms with van der Waals surface area (Å²) in [5.41, 5.74) is 0. The van der Waals surface area contributed by atoms with Gasteiger partial charge in [-0.2, -0.15) is 0 Å². The van der Waals surface area contributed by atoms with E-state index in [1.165, 1.54) is 6.42 Å². The summed E-state index contributed by atoms with van der Waals surface area (Å²) in [6.45, 7) is 4.93. The van der Waals surface area contributed by atoms with Gasteiger partial charge >= 0.3 is 11.8 Å². The van der Waals surface area contributed by atoms with E-state index in [2.05, 4.69) is 12.2 Å². The van der Waals surface area contributed by atoms with Crippen molar-refractivity contribution in [3.8, 4) is 0 Å². The van der Waals surface area contributed by atoms with Crippen molar-refractivity contribution >= 4 is 11.8 Å². The normalized spacial score (nSPS) is 31.9. The number of piperidine rings is 1. The van der Waals surface area contributed by atoms with E-state index >= 15 is 0 Å². The van der Waals surface area contributed by atoms with Crippen LogP contribution in [0.1, 0.15) is 58.8 Å². The first kappa shape index (κ1) is 14.4. The van der Waals surface area contributed by atoms with Gasteiger partial charge < -0.3 is 10.2 Å². The van der Waals surface area contributed by atoms with E-state index in [0.717, 1.165) is 45.1 Å². The number of likely N-dealkylation sites (tertiary alicyclic amines) is 1. The van der Waals surface area contributed by atoms with Crippen molar-refractivity contribution in [2.45, 2.75) is 70.9 Å². The van der Waals surface area contributed by atoms with Crippen molar-refractivity contribution in [2.24, 2.45) is 5.92 Å². The Kier molecular flexibility index (Phi) is 4.83. The van der Waals surface area contributed by atoms with E-state index < -0.39 is 5.91 Å². The van der Waals surface area contributed by atoms with Crippen LogP contribution in [0.3, 0.4) is 0 Å². The molecule has 2 aliphatic rings. The lowest BCUT2D eigenvalue weighted by Crippen LogP contribution is -2.52. The molecule has 0 spiro atoms. The third-order valence-electron chi connectivity index (χ3n) is 4.69. The van der Waals surface area contributed by atoms with Crippen LogP contribution in [0.2, 0.25) is 0 Å². The highest BCUT2D eigenvalue weighted by molar-refractivity contribution is 6.35. The van der Waals surface area contributed by atoms with Crippen LogP contribution in [0.4, 0.5) is 0 Å². The Hall–Kier alpha value is -1.06. The second-order valence-corrected chi connectivity index (χ2v) is 6.19. The fraction of sp³-hybridized carbons (Fsp3) is 0.867. The zero-order valence-corrected chi connectivity index (χ0v) is 12.2. The SMILES string of the molecule is CC1CCCCC1NC(=O)C(=O)N1CCCCC1C. The van der Waals surface area contributed by atoms with Crippen LogP contribution in [0, 0.1) is 5.92 Å². The maximum atomic E-state index is 12.2. The summed E-state index contributed by atoms with van der Waals surface area (Å²) in [5.74, 6) is -0.234. The predicted molar refractivity (Wildman–Crippen MR) is 74.6 cm³/mol. The number of nitrogens with zero attached hydrogens (tertiary/aromatic N) is 1. The fourth-order valence-electron chi connectivity index (χ4n) is 3.29. The lowest BCUT2D eigenvalue weighted by atomic mass is 9.86. The van der Waals surface area contributed by atoms with Crippen molar-refractivity contribution in [3.63, 3.8) is 0 Å². The van der Waals surface area contributed by atoms with E-state index in [0.29, 0.717) is 5.92 Å². The van der Waals surface area contributed by atoms with Gasteiger partial charge in [0.05, 0.1) is 0 Å². The molecule has 1 saturated heterocycles. The molecule has 1 aliphatic carbocycles. The highest BCUT2D eigenvalue weighted by atomic mass is 16.2. The smallest absolute Gasteiger partial charge is 0.312 e. The molecule has 2 rings (SSSR count). The molecule has 1 N–H and O–H groups in total. The minimum atomic E-state index is -0.396. The van der Waals surface area contributed by atoms with Gasteiger partial charge in [-0.05, 0) is 44.9 Å². The van der Waals surface area contributed by atoms with Gasteiger partial charge in [-0.1, -0.05) is 19.8 Å². The van der Waals surface area contributed by atoms with E-state index in [9.17, 15) is 9.59 Å². The molecule has 0 aromatic heterocycles. The van der Waals surface area contributed by atoms with Gasteiger partial charge in [0.2, 0.25) is 0 Å². The van der Waals surface area contributed by atoms with Crippen LogP contribution in [-0.2, 0) is 9.59 Å². The number of carbonyl (C=O) groups is 2. The molecule has 4 heteroatoms. The number of nitrogens with one attached hydrogen (secondary N) is 1. The van der Waals surface area contributed by atoms with E-state index in [4.69, 9.17) is 0 Å². The molecule has 108 valence electrons. The standard InChI is InChI=1S/C15H26N2O2/c1-11-7-3-4-9-13(11)16-14(18)15(19)17-10-6-5-8-12(17)2/h11-13H,3-10H2,1-2H3,(H,16,18). The van der Waals surface area contributed by atoms with Crippen LogP contribution in [0.15, 0.2) is 0 Å². The molecule has 1 aliphatic heterocycles. The zero-order chi connectivity index (χ0) is 13.8. The minimum absolute atomic E-state index is 0.185. The van der Waals surface area contributed by atoms with Crippen molar-refractivity contribution < 1.29 is 9.59 Å². The van der Waals surface area contributed by atoms with Crippen LogP contribution in [-0.4, -0.2) is 35.3 Å². The summed E-state index contributed by atoms with van der Waals surface area (Å²) in [4.78, 5) is 26.0. The summed E-state index contributed by atoms with van der Waals surface area (Å²) < 4.78 is 0. The first-order chi connectivity index (χ1) is 9.09. The van der Waals surface area contributed by atoms with Gasteiger partial charge in [0.1, 0.15) is 0 Å². The quantitative estimate of drug-likeness (QED) is 0.739. The molecule has 0 bridgehead atoms. The Morgan fingerprint density at radius 3 is 2.37 bits per heavy atom. The molecular weight excluding hydrogens is 240 g/mol. The topological polar surface area (TPSA) is 49.4 Å². The molecule has 1 heterocycles. The Bertz CT molecular complexity index is 343. The Morgan fingerprint density at radius 2 is 1.68 bits per heavy atom. The number of carbonyl (C=O) groups excluding carboxylic acids is 2. The summed E-state index contributed by atoms with van der Waals surface area (Å²) in [7, 11) is 0. The summed E-state index contributed by atoms with van der Waals surface area (Å²) in [5, 5.41) is 2.96. The van der Waals surface area contributed by atoms with Crippen LogP contribution >= 0.6 is 0 Å². The van der Waals surface area contributed by atoms with Gasteiger partial charge in [-0.15, -0.1) is 0 Å². The van der Waals surface area contributed by atoms with Crippen LogP contribution in [0.5, 0.6) is 0 Å². The monoisotopic (exact) mass is 266 g/mol. The molecule has 4 nitrogen and oxygen atoms in total. The summed E-state index contributed by atoms with van der Waals surface area (Å²) >= 11 is 0. The molecule has 3 unspecified atom stereocenters. The Balaban J connectivity index is 1.89. The first-order valence-corrected chi connectivity index (χ1v) is 7.71. The number of hydrogen-bond donors (Lipinski definition) is 1. The summed E-state index contributed by atoms with van der Waals surface area (Å²) in [6.07, 6.45) is 7.75. The van der Waals surface area contributed by atoms with E-state index in [1.54, 1.807) is 4.90 Å². The number of hydrogen-bond acceptors (Lipinski definition) is 2. The third kappa shape index (κ3) is 3.48. The average molecular weight is 266 g/mol. The van der Waals surface area contributed by atoms with Crippen molar-refractivity contribution in [1.29, 1.82) is 0 Å². The van der Waals surface area contributed by atoms with Crippen LogP contribution in [0.25, 0.3) is 0 Å². The van der Waals surface area contributed by atoms with Crippen molar-refractivity contribution in [3.05, 3.63) is 0 Å². The fourth-order valence-corrected chi connectivity index (χ4v) is 3.29. The van der Waals surface area contributed by atoms with Gasteiger partial charge in [-0.25, -0.2) is 0 Å². The highest BCUT2D eigenvalue weighted by Crippen LogP contribution is 2.24. The lowest BCUT2D eigenvalue weighted by Gasteiger charge is -2.34. The Labute approximate surface area is 115 Å². The number of amides is 2. The van der Waals surface area contributed by atoms with Crippen molar-refractivity contribution in [1.82, 2.24) is 10.2 Å². The minimum Gasteiger partial charge on any atom is -0.345 e. The molecule has 2 fully saturated rings. The largest absolute Gasteiger partial charge is 0.345 e. The average Bonchev–Trinajstić information content (AvgIpc) is 2.41. The lowest BCUT2D eigenvalue weighted by molar-refractivity contribution is -0.148. The van der Waals surface area contributed by atoms with Gasteiger partial charge in [0, 0.05) is 18.6 Å². The second kappa shape index (κ2) is 6.40. The zero-order valence-electron chi connectivity index (χ0n) is 12.2. The maximum Gasteiger partial charge on any atom is 0.312 e. The molecule has 19 heavy (non-hydrogen) atoms.